The number of aromatic nitrogens is 1. The van der Waals surface area contributed by atoms with Gasteiger partial charge in [-0.1, -0.05) is 18.2 Å². The van der Waals surface area contributed by atoms with E-state index in [4.69, 9.17) is 5.73 Å². The molecule has 0 atom stereocenters. The average molecular weight is 223 g/mol. The predicted octanol–water partition coefficient (Wildman–Crippen LogP) is 2.33. The van der Waals surface area contributed by atoms with Crippen molar-refractivity contribution in [1.29, 1.82) is 0 Å². The first kappa shape index (κ1) is 9.36. The Morgan fingerprint density at radius 3 is 2.71 bits per heavy atom. The topological polar surface area (TPSA) is 51.3 Å². The standard InChI is InChI=1S/C9H9N3S2/c1-6-4-2-3-5-7(6)11-9-12-8(10)13-14-9/h2-5H,1H3,(H2,10,11,12). The second kappa shape index (κ2) is 3.89. The molecule has 14 heavy (non-hydrogen) atoms. The van der Waals surface area contributed by atoms with Crippen molar-refractivity contribution in [2.45, 2.75) is 6.92 Å². The monoisotopic (exact) mass is 223 g/mol. The summed E-state index contributed by atoms with van der Waals surface area (Å²) in [6, 6.07) is 7.95. The molecule has 0 bridgehead atoms. The molecule has 1 aromatic carbocycles. The highest BCUT2D eigenvalue weighted by Gasteiger charge is 1.95. The van der Waals surface area contributed by atoms with Crippen LogP contribution in [0, 0.1) is 6.92 Å². The minimum Gasteiger partial charge on any atom is -0.374 e. The Kier molecular flexibility index (Phi) is 2.60. The Balaban J connectivity index is 2.48. The van der Waals surface area contributed by atoms with Gasteiger partial charge in [0.15, 0.2) is 5.13 Å². The van der Waals surface area contributed by atoms with Gasteiger partial charge < -0.3 is 5.73 Å². The lowest BCUT2D eigenvalue weighted by Gasteiger charge is -1.95. The highest BCUT2D eigenvalue weighted by molar-refractivity contribution is 7.69. The van der Waals surface area contributed by atoms with Gasteiger partial charge >= 0.3 is 0 Å². The summed E-state index contributed by atoms with van der Waals surface area (Å²) in [5, 5.41) is 0.572. The largest absolute Gasteiger partial charge is 0.374 e. The summed E-state index contributed by atoms with van der Waals surface area (Å²) in [5.74, 6) is 0. The van der Waals surface area contributed by atoms with Crippen LogP contribution in [0.25, 0.3) is 0 Å². The van der Waals surface area contributed by atoms with Crippen molar-refractivity contribution in [2.75, 3.05) is 5.73 Å². The van der Waals surface area contributed by atoms with Crippen molar-refractivity contribution < 1.29 is 0 Å². The van der Waals surface area contributed by atoms with E-state index in [0.29, 0.717) is 5.13 Å². The fourth-order valence-electron chi connectivity index (χ4n) is 1.05. The molecule has 5 heteroatoms. The molecule has 0 aliphatic rings. The molecule has 0 aliphatic heterocycles. The van der Waals surface area contributed by atoms with E-state index in [-0.39, 0.29) is 0 Å². The lowest BCUT2D eigenvalue weighted by molar-refractivity contribution is 1.23. The number of rotatable bonds is 1. The number of aryl methyl sites for hydroxylation is 1. The molecule has 0 amide bonds. The van der Waals surface area contributed by atoms with Crippen LogP contribution in [0.1, 0.15) is 5.56 Å². The van der Waals surface area contributed by atoms with Crippen molar-refractivity contribution >= 4 is 31.5 Å². The third kappa shape index (κ3) is 2.00. The minimum absolute atomic E-state index is 0.572. The van der Waals surface area contributed by atoms with Crippen LogP contribution >= 0.6 is 20.7 Å². The summed E-state index contributed by atoms with van der Waals surface area (Å²) in [7, 11) is 2.94. The van der Waals surface area contributed by atoms with E-state index < -0.39 is 0 Å². The molecule has 1 heterocycles. The first-order valence-electron chi connectivity index (χ1n) is 4.09. The second-order valence-corrected chi connectivity index (χ2v) is 4.91. The molecule has 0 spiro atoms. The molecule has 0 aliphatic carbocycles. The summed E-state index contributed by atoms with van der Waals surface area (Å²) in [4.78, 5) is 9.22. The maximum Gasteiger partial charge on any atom is 0.222 e. The van der Waals surface area contributed by atoms with Crippen LogP contribution in [-0.2, 0) is 0 Å². The van der Waals surface area contributed by atoms with Crippen LogP contribution < -0.4 is 10.5 Å². The van der Waals surface area contributed by atoms with Crippen LogP contribution in [0.4, 0.5) is 10.8 Å². The summed E-state index contributed by atoms with van der Waals surface area (Å²) in [5.41, 5.74) is 7.63. The molecule has 3 nitrogen and oxygen atoms in total. The van der Waals surface area contributed by atoms with Gasteiger partial charge in [0.2, 0.25) is 4.80 Å². The van der Waals surface area contributed by atoms with Gasteiger partial charge in [-0.2, -0.15) is 4.98 Å². The molecule has 0 fully saturated rings. The molecule has 2 aromatic rings. The maximum absolute atomic E-state index is 5.53. The van der Waals surface area contributed by atoms with E-state index >= 15 is 0 Å². The van der Waals surface area contributed by atoms with Crippen LogP contribution in [0.3, 0.4) is 0 Å². The Labute approximate surface area is 89.0 Å². The lowest BCUT2D eigenvalue weighted by Crippen LogP contribution is -1.98. The van der Waals surface area contributed by atoms with Crippen molar-refractivity contribution in [3.63, 3.8) is 0 Å². The Morgan fingerprint density at radius 1 is 1.29 bits per heavy atom. The SMILES string of the molecule is Cc1ccccc1N=c1nc(N)ss1. The smallest absolute Gasteiger partial charge is 0.222 e. The maximum atomic E-state index is 5.53. The lowest BCUT2D eigenvalue weighted by atomic mass is 10.2. The van der Waals surface area contributed by atoms with Crippen LogP contribution in [-0.4, -0.2) is 4.98 Å². The summed E-state index contributed by atoms with van der Waals surface area (Å²) >= 11 is 0. The number of nitrogens with zero attached hydrogens (tertiary/aromatic N) is 2. The zero-order chi connectivity index (χ0) is 9.97. The fourth-order valence-corrected chi connectivity index (χ4v) is 2.47. The van der Waals surface area contributed by atoms with E-state index in [1.165, 1.54) is 20.7 Å². The van der Waals surface area contributed by atoms with Gasteiger partial charge in [0.1, 0.15) is 0 Å². The highest BCUT2D eigenvalue weighted by Crippen LogP contribution is 2.17. The molecule has 0 radical (unpaired) electrons. The first-order chi connectivity index (χ1) is 6.75. The molecular formula is C9H9N3S2. The van der Waals surface area contributed by atoms with E-state index in [9.17, 15) is 0 Å². The van der Waals surface area contributed by atoms with Crippen molar-refractivity contribution in [3.05, 3.63) is 34.6 Å². The van der Waals surface area contributed by atoms with Crippen LogP contribution in [0.5, 0.6) is 0 Å². The van der Waals surface area contributed by atoms with E-state index in [1.54, 1.807) is 0 Å². The molecule has 0 saturated carbocycles. The zero-order valence-electron chi connectivity index (χ0n) is 7.60. The number of benzene rings is 1. The predicted molar refractivity (Wildman–Crippen MR) is 60.8 cm³/mol. The highest BCUT2D eigenvalue weighted by atomic mass is 32.9. The number of hydrogen-bond acceptors (Lipinski definition) is 5. The third-order valence-corrected chi connectivity index (χ3v) is 3.63. The summed E-state index contributed by atoms with van der Waals surface area (Å²) < 4.78 is 0. The quantitative estimate of drug-likeness (QED) is 0.754. The summed E-state index contributed by atoms with van der Waals surface area (Å²) in [6.45, 7) is 2.03. The molecule has 1 aromatic heterocycles. The fraction of sp³-hybridized carbons (Fsp3) is 0.111. The average Bonchev–Trinajstić information content (AvgIpc) is 2.56. The van der Waals surface area contributed by atoms with Gasteiger partial charge in [-0.3, -0.25) is 0 Å². The van der Waals surface area contributed by atoms with Gasteiger partial charge in [0.05, 0.1) is 5.69 Å². The van der Waals surface area contributed by atoms with Gasteiger partial charge in [-0.15, -0.1) is 0 Å². The van der Waals surface area contributed by atoms with Crippen LogP contribution in [0.15, 0.2) is 29.3 Å². The van der Waals surface area contributed by atoms with Crippen LogP contribution in [0.2, 0.25) is 0 Å². The Bertz CT molecular complexity index is 499. The number of para-hydroxylation sites is 1. The molecule has 2 rings (SSSR count). The van der Waals surface area contributed by atoms with Gasteiger partial charge in [0, 0.05) is 0 Å². The molecule has 2 N–H and O–H groups in total. The number of nitrogen functional groups attached to an aromatic ring is 1. The summed E-state index contributed by atoms with van der Waals surface area (Å²) in [6.07, 6.45) is 0. The Morgan fingerprint density at radius 2 is 2.07 bits per heavy atom. The van der Waals surface area contributed by atoms with Gasteiger partial charge in [-0.25, -0.2) is 4.99 Å². The normalized spacial score (nSPS) is 11.9. The third-order valence-electron chi connectivity index (χ3n) is 1.74. The van der Waals surface area contributed by atoms with E-state index in [2.05, 4.69) is 9.98 Å². The number of hydrogen-bond donors (Lipinski definition) is 1. The number of nitrogens with two attached hydrogens (primary N) is 1. The minimum atomic E-state index is 0.572. The van der Waals surface area contributed by atoms with E-state index in [1.807, 2.05) is 31.2 Å². The van der Waals surface area contributed by atoms with Crippen molar-refractivity contribution in [2.24, 2.45) is 4.99 Å². The molecule has 0 saturated heterocycles. The molecule has 72 valence electrons. The van der Waals surface area contributed by atoms with Gasteiger partial charge in [-0.05, 0) is 39.2 Å². The molecular weight excluding hydrogens is 214 g/mol. The van der Waals surface area contributed by atoms with Crippen molar-refractivity contribution in [3.8, 4) is 0 Å². The molecule has 0 unspecified atom stereocenters. The van der Waals surface area contributed by atoms with E-state index in [0.717, 1.165) is 16.1 Å². The Hall–Kier alpha value is -1.20. The number of anilines is 1. The second-order valence-electron chi connectivity index (χ2n) is 2.80. The van der Waals surface area contributed by atoms with Crippen molar-refractivity contribution in [1.82, 2.24) is 4.98 Å². The van der Waals surface area contributed by atoms with Gasteiger partial charge in [0.25, 0.3) is 0 Å². The first-order valence-corrected chi connectivity index (χ1v) is 6.24. The zero-order valence-corrected chi connectivity index (χ0v) is 9.23.